The van der Waals surface area contributed by atoms with Crippen LogP contribution in [0.5, 0.6) is 0 Å². The number of aromatic nitrogens is 2. The van der Waals surface area contributed by atoms with E-state index in [1.165, 1.54) is 38.2 Å². The van der Waals surface area contributed by atoms with Gasteiger partial charge in [0.2, 0.25) is 0 Å². The van der Waals surface area contributed by atoms with Crippen LogP contribution in [0.4, 0.5) is 0 Å². The molecule has 0 atom stereocenters. The van der Waals surface area contributed by atoms with Crippen LogP contribution in [0.2, 0.25) is 0 Å². The lowest BCUT2D eigenvalue weighted by Gasteiger charge is -2.27. The summed E-state index contributed by atoms with van der Waals surface area (Å²) < 4.78 is 0. The summed E-state index contributed by atoms with van der Waals surface area (Å²) >= 11 is 0. The van der Waals surface area contributed by atoms with E-state index in [1.54, 1.807) is 0 Å². The predicted molar refractivity (Wildman–Crippen MR) is 60.5 cm³/mol. The number of H-pyrrole nitrogens is 1. The lowest BCUT2D eigenvalue weighted by molar-refractivity contribution is 0.232. The van der Waals surface area contributed by atoms with E-state index in [2.05, 4.69) is 27.5 Å². The van der Waals surface area contributed by atoms with Crippen LogP contribution in [-0.4, -0.2) is 41.8 Å². The number of piperidine rings is 1. The Hall–Kier alpha value is -0.870. The first-order chi connectivity index (χ1) is 7.34. The fraction of sp³-hybridized carbons (Fsp3) is 0.727. The summed E-state index contributed by atoms with van der Waals surface area (Å²) in [5.74, 6) is 0.860. The van der Waals surface area contributed by atoms with Gasteiger partial charge < -0.3 is 10.2 Å². The van der Waals surface area contributed by atoms with Gasteiger partial charge in [0.15, 0.2) is 0 Å². The molecule has 2 N–H and O–H groups in total. The average molecular weight is 208 g/mol. The molecular formula is C11H20N4. The van der Waals surface area contributed by atoms with Crippen molar-refractivity contribution in [3.8, 4) is 0 Å². The Kier molecular flexibility index (Phi) is 3.75. The fourth-order valence-corrected chi connectivity index (χ4v) is 2.23. The molecule has 1 aliphatic rings. The molecule has 1 saturated heterocycles. The highest BCUT2D eigenvalue weighted by molar-refractivity contribution is 4.96. The highest BCUT2D eigenvalue weighted by atomic mass is 15.2. The summed E-state index contributed by atoms with van der Waals surface area (Å²) in [5, 5.41) is 10.4. The molecule has 0 aliphatic carbocycles. The minimum atomic E-state index is 0.860. The zero-order valence-corrected chi connectivity index (χ0v) is 9.37. The SMILES string of the molecule is CN(Cc1ccn[nH]1)CC1CCNCC1. The normalized spacial score (nSPS) is 18.5. The van der Waals surface area contributed by atoms with E-state index in [0.29, 0.717) is 0 Å². The molecule has 1 fully saturated rings. The average Bonchev–Trinajstić information content (AvgIpc) is 2.71. The van der Waals surface area contributed by atoms with Gasteiger partial charge in [-0.25, -0.2) is 0 Å². The first kappa shape index (κ1) is 10.6. The van der Waals surface area contributed by atoms with E-state index in [1.807, 2.05) is 12.3 Å². The number of nitrogens with one attached hydrogen (secondary N) is 2. The Bertz CT molecular complexity index is 264. The molecule has 0 bridgehead atoms. The Morgan fingerprint density at radius 2 is 2.27 bits per heavy atom. The Morgan fingerprint density at radius 3 is 2.93 bits per heavy atom. The summed E-state index contributed by atoms with van der Waals surface area (Å²) in [6.07, 6.45) is 4.44. The second-order valence-corrected chi connectivity index (χ2v) is 4.47. The van der Waals surface area contributed by atoms with E-state index in [9.17, 15) is 0 Å². The third-order valence-corrected chi connectivity index (χ3v) is 3.03. The fourth-order valence-electron chi connectivity index (χ4n) is 2.23. The topological polar surface area (TPSA) is 44.0 Å². The van der Waals surface area contributed by atoms with Crippen molar-refractivity contribution in [2.45, 2.75) is 19.4 Å². The number of hydrogen-bond donors (Lipinski definition) is 2. The quantitative estimate of drug-likeness (QED) is 0.770. The van der Waals surface area contributed by atoms with Gasteiger partial charge >= 0.3 is 0 Å². The first-order valence-electron chi connectivity index (χ1n) is 5.72. The molecular weight excluding hydrogens is 188 g/mol. The number of nitrogens with zero attached hydrogens (tertiary/aromatic N) is 2. The van der Waals surface area contributed by atoms with Crippen molar-refractivity contribution >= 4 is 0 Å². The van der Waals surface area contributed by atoms with Crippen LogP contribution in [0.25, 0.3) is 0 Å². The molecule has 1 aromatic rings. The van der Waals surface area contributed by atoms with Crippen molar-refractivity contribution in [2.75, 3.05) is 26.7 Å². The molecule has 4 heteroatoms. The third kappa shape index (κ3) is 3.32. The van der Waals surface area contributed by atoms with Gasteiger partial charge in [-0.3, -0.25) is 5.10 Å². The summed E-state index contributed by atoms with van der Waals surface area (Å²) in [6.45, 7) is 4.54. The van der Waals surface area contributed by atoms with Crippen LogP contribution in [0.3, 0.4) is 0 Å². The first-order valence-corrected chi connectivity index (χ1v) is 5.72. The smallest absolute Gasteiger partial charge is 0.0492 e. The maximum atomic E-state index is 3.96. The van der Waals surface area contributed by atoms with Crippen LogP contribution >= 0.6 is 0 Å². The summed E-state index contributed by atoms with van der Waals surface area (Å²) in [5.41, 5.74) is 1.20. The number of hydrogen-bond acceptors (Lipinski definition) is 3. The monoisotopic (exact) mass is 208 g/mol. The Balaban J connectivity index is 1.74. The summed E-state index contributed by atoms with van der Waals surface area (Å²) in [7, 11) is 2.18. The maximum Gasteiger partial charge on any atom is 0.0492 e. The molecule has 0 spiro atoms. The molecule has 15 heavy (non-hydrogen) atoms. The molecule has 4 nitrogen and oxygen atoms in total. The minimum Gasteiger partial charge on any atom is -0.317 e. The molecule has 0 radical (unpaired) electrons. The summed E-state index contributed by atoms with van der Waals surface area (Å²) in [6, 6.07) is 2.04. The highest BCUT2D eigenvalue weighted by Crippen LogP contribution is 2.13. The Labute approximate surface area is 91.1 Å². The van der Waals surface area contributed by atoms with Crippen LogP contribution in [0, 0.1) is 5.92 Å². The number of aromatic amines is 1. The van der Waals surface area contributed by atoms with Crippen LogP contribution in [-0.2, 0) is 6.54 Å². The van der Waals surface area contributed by atoms with E-state index in [0.717, 1.165) is 12.5 Å². The van der Waals surface area contributed by atoms with Crippen molar-refractivity contribution in [1.82, 2.24) is 20.4 Å². The van der Waals surface area contributed by atoms with Gasteiger partial charge in [-0.05, 0) is 45.0 Å². The molecule has 0 unspecified atom stereocenters. The van der Waals surface area contributed by atoms with E-state index < -0.39 is 0 Å². The van der Waals surface area contributed by atoms with E-state index >= 15 is 0 Å². The zero-order valence-electron chi connectivity index (χ0n) is 9.37. The highest BCUT2D eigenvalue weighted by Gasteiger charge is 2.15. The van der Waals surface area contributed by atoms with Gasteiger partial charge in [0.25, 0.3) is 0 Å². The maximum absolute atomic E-state index is 3.96. The van der Waals surface area contributed by atoms with Gasteiger partial charge in [0.1, 0.15) is 0 Å². The van der Waals surface area contributed by atoms with Gasteiger partial charge in [-0.2, -0.15) is 5.10 Å². The lowest BCUT2D eigenvalue weighted by atomic mass is 9.98. The van der Waals surface area contributed by atoms with Gasteiger partial charge in [0, 0.05) is 25.0 Å². The summed E-state index contributed by atoms with van der Waals surface area (Å²) in [4.78, 5) is 2.38. The number of rotatable bonds is 4. The van der Waals surface area contributed by atoms with Gasteiger partial charge in [-0.15, -0.1) is 0 Å². The molecule has 0 saturated carbocycles. The predicted octanol–water partition coefficient (Wildman–Crippen LogP) is 0.841. The second-order valence-electron chi connectivity index (χ2n) is 4.47. The standard InChI is InChI=1S/C11H20N4/c1-15(9-11-4-7-13-14-11)8-10-2-5-12-6-3-10/h4,7,10,12H,2-3,5-6,8-9H2,1H3,(H,13,14). The molecule has 1 aromatic heterocycles. The van der Waals surface area contributed by atoms with Crippen molar-refractivity contribution < 1.29 is 0 Å². The van der Waals surface area contributed by atoms with Crippen molar-refractivity contribution in [3.05, 3.63) is 18.0 Å². The third-order valence-electron chi connectivity index (χ3n) is 3.03. The van der Waals surface area contributed by atoms with E-state index in [-0.39, 0.29) is 0 Å². The molecule has 0 aromatic carbocycles. The van der Waals surface area contributed by atoms with Gasteiger partial charge in [0.05, 0.1) is 0 Å². The van der Waals surface area contributed by atoms with Crippen molar-refractivity contribution in [2.24, 2.45) is 5.92 Å². The Morgan fingerprint density at radius 1 is 1.47 bits per heavy atom. The minimum absolute atomic E-state index is 0.860. The molecule has 84 valence electrons. The van der Waals surface area contributed by atoms with Crippen LogP contribution in [0.1, 0.15) is 18.5 Å². The van der Waals surface area contributed by atoms with Crippen molar-refractivity contribution in [3.63, 3.8) is 0 Å². The van der Waals surface area contributed by atoms with Gasteiger partial charge in [-0.1, -0.05) is 0 Å². The van der Waals surface area contributed by atoms with Crippen LogP contribution < -0.4 is 5.32 Å². The molecule has 2 heterocycles. The molecule has 2 rings (SSSR count). The largest absolute Gasteiger partial charge is 0.317 e. The second kappa shape index (κ2) is 5.28. The van der Waals surface area contributed by atoms with E-state index in [4.69, 9.17) is 0 Å². The molecule has 0 amide bonds. The van der Waals surface area contributed by atoms with Crippen LogP contribution in [0.15, 0.2) is 12.3 Å². The van der Waals surface area contributed by atoms with Crippen molar-refractivity contribution in [1.29, 1.82) is 0 Å². The zero-order chi connectivity index (χ0) is 10.5. The molecule has 1 aliphatic heterocycles. The lowest BCUT2D eigenvalue weighted by Crippen LogP contribution is -2.34.